The van der Waals surface area contributed by atoms with Crippen molar-refractivity contribution in [2.24, 2.45) is 5.92 Å². The Morgan fingerprint density at radius 3 is 2.48 bits per heavy atom. The number of piperidine rings is 1. The minimum absolute atomic E-state index is 0.143. The average molecular weight is 458 g/mol. The Morgan fingerprint density at radius 1 is 1.06 bits per heavy atom. The van der Waals surface area contributed by atoms with E-state index in [1.54, 1.807) is 17.9 Å². The van der Waals surface area contributed by atoms with Gasteiger partial charge in [0.05, 0.1) is 35.3 Å². The molecule has 1 amide bonds. The minimum atomic E-state index is -1.01. The van der Waals surface area contributed by atoms with Gasteiger partial charge in [-0.2, -0.15) is 0 Å². The third-order valence-electron chi connectivity index (χ3n) is 5.56. The number of aromatic nitrogens is 2. The molecule has 0 radical (unpaired) electrons. The Balaban J connectivity index is 1.63. The molecule has 33 heavy (non-hydrogen) atoms. The Kier molecular flexibility index (Phi) is 6.30. The van der Waals surface area contributed by atoms with Crippen LogP contribution in [0.25, 0.3) is 11.3 Å². The monoisotopic (exact) mass is 458 g/mol. The van der Waals surface area contributed by atoms with Gasteiger partial charge in [-0.05, 0) is 30.3 Å². The zero-order chi connectivity index (χ0) is 23.7. The number of halogens is 3. The van der Waals surface area contributed by atoms with E-state index in [0.717, 1.165) is 30.3 Å². The predicted octanol–water partition coefficient (Wildman–Crippen LogP) is 2.99. The van der Waals surface area contributed by atoms with Crippen molar-refractivity contribution >= 4 is 17.3 Å². The maximum atomic E-state index is 14.3. The molecule has 1 aliphatic rings. The first-order chi connectivity index (χ1) is 15.8. The lowest BCUT2D eigenvalue weighted by Crippen LogP contribution is -2.51. The summed E-state index contributed by atoms with van der Waals surface area (Å²) in [4.78, 5) is 22.6. The Bertz CT molecular complexity index is 1160. The molecule has 0 aliphatic carbocycles. The molecule has 0 spiro atoms. The Labute approximate surface area is 187 Å². The molecule has 3 aromatic rings. The van der Waals surface area contributed by atoms with Crippen molar-refractivity contribution in [1.29, 1.82) is 0 Å². The van der Waals surface area contributed by atoms with Crippen LogP contribution >= 0.6 is 0 Å². The van der Waals surface area contributed by atoms with E-state index in [9.17, 15) is 28.2 Å². The van der Waals surface area contributed by atoms with Crippen molar-refractivity contribution in [2.75, 3.05) is 23.3 Å². The van der Waals surface area contributed by atoms with Gasteiger partial charge >= 0.3 is 0 Å². The number of carbonyl (C=O) groups is 1. The first-order valence-corrected chi connectivity index (χ1v) is 10.2. The van der Waals surface area contributed by atoms with Gasteiger partial charge in [0, 0.05) is 25.2 Å². The van der Waals surface area contributed by atoms with E-state index < -0.39 is 46.8 Å². The number of aliphatic hydroxyl groups excluding tert-OH is 2. The van der Waals surface area contributed by atoms with Crippen LogP contribution in [0.2, 0.25) is 0 Å². The van der Waals surface area contributed by atoms with E-state index in [4.69, 9.17) is 0 Å². The van der Waals surface area contributed by atoms with E-state index in [-0.39, 0.29) is 18.2 Å². The molecule has 7 nitrogen and oxygen atoms in total. The van der Waals surface area contributed by atoms with Crippen LogP contribution in [0.4, 0.5) is 24.5 Å². The summed E-state index contributed by atoms with van der Waals surface area (Å²) in [6.45, 7) is 2.37. The second-order valence-corrected chi connectivity index (χ2v) is 7.91. The van der Waals surface area contributed by atoms with Gasteiger partial charge in [0.2, 0.25) is 0 Å². The molecule has 1 aliphatic heterocycles. The fourth-order valence-corrected chi connectivity index (χ4v) is 3.85. The number of aliphatic hydroxyl groups is 2. The maximum Gasteiger partial charge on any atom is 0.274 e. The van der Waals surface area contributed by atoms with Gasteiger partial charge in [-0.25, -0.2) is 18.2 Å². The average Bonchev–Trinajstić information content (AvgIpc) is 2.78. The number of benzene rings is 1. The fraction of sp³-hybridized carbons (Fsp3) is 0.261. The topological polar surface area (TPSA) is 98.6 Å². The van der Waals surface area contributed by atoms with Gasteiger partial charge in [0.25, 0.3) is 5.91 Å². The highest BCUT2D eigenvalue weighted by atomic mass is 19.1. The van der Waals surface area contributed by atoms with E-state index >= 15 is 0 Å². The van der Waals surface area contributed by atoms with E-state index in [2.05, 4.69) is 15.3 Å². The van der Waals surface area contributed by atoms with Crippen LogP contribution in [0.1, 0.15) is 17.4 Å². The second kappa shape index (κ2) is 9.16. The molecule has 4 rings (SSSR count). The molecule has 1 aromatic carbocycles. The van der Waals surface area contributed by atoms with Gasteiger partial charge in [-0.1, -0.05) is 13.0 Å². The third-order valence-corrected chi connectivity index (χ3v) is 5.56. The van der Waals surface area contributed by atoms with Crippen LogP contribution in [-0.4, -0.2) is 51.4 Å². The molecule has 1 fully saturated rings. The van der Waals surface area contributed by atoms with Gasteiger partial charge in [-0.15, -0.1) is 0 Å². The van der Waals surface area contributed by atoms with Crippen molar-refractivity contribution < 1.29 is 28.2 Å². The molecule has 10 heteroatoms. The number of nitrogens with one attached hydrogen (secondary N) is 1. The first-order valence-electron chi connectivity index (χ1n) is 10.2. The van der Waals surface area contributed by atoms with Crippen molar-refractivity contribution in [1.82, 2.24) is 9.97 Å². The normalized spacial score (nSPS) is 20.5. The van der Waals surface area contributed by atoms with Crippen LogP contribution in [0.3, 0.4) is 0 Å². The van der Waals surface area contributed by atoms with Gasteiger partial charge in [0.1, 0.15) is 28.8 Å². The number of nitrogens with zero attached hydrogens (tertiary/aromatic N) is 3. The van der Waals surface area contributed by atoms with Crippen molar-refractivity contribution in [3.05, 3.63) is 71.9 Å². The number of hydrogen-bond acceptors (Lipinski definition) is 6. The summed E-state index contributed by atoms with van der Waals surface area (Å²) in [5.41, 5.74) is -0.693. The molecule has 3 atom stereocenters. The predicted molar refractivity (Wildman–Crippen MR) is 115 cm³/mol. The summed E-state index contributed by atoms with van der Waals surface area (Å²) in [5, 5.41) is 22.8. The molecular weight excluding hydrogens is 437 g/mol. The van der Waals surface area contributed by atoms with Crippen LogP contribution < -0.4 is 10.2 Å². The molecule has 3 N–H and O–H groups in total. The highest BCUT2D eigenvalue weighted by Gasteiger charge is 2.33. The lowest BCUT2D eigenvalue weighted by molar-refractivity contribution is -0.0213. The third kappa shape index (κ3) is 4.53. The number of hydrogen-bond donors (Lipinski definition) is 3. The fourth-order valence-electron chi connectivity index (χ4n) is 3.85. The summed E-state index contributed by atoms with van der Waals surface area (Å²) >= 11 is 0. The van der Waals surface area contributed by atoms with E-state index in [1.807, 2.05) is 0 Å². The lowest BCUT2D eigenvalue weighted by atomic mass is 9.94. The summed E-state index contributed by atoms with van der Waals surface area (Å²) in [6.07, 6.45) is 1.09. The number of carbonyl (C=O) groups excluding carboxylic acids is 1. The zero-order valence-corrected chi connectivity index (χ0v) is 17.5. The van der Waals surface area contributed by atoms with Crippen LogP contribution in [-0.2, 0) is 0 Å². The second-order valence-electron chi connectivity index (χ2n) is 7.91. The largest absolute Gasteiger partial charge is 0.390 e. The number of anilines is 2. The van der Waals surface area contributed by atoms with E-state index in [1.165, 1.54) is 12.4 Å². The SMILES string of the molecule is C[C@@H]1CN(c2ccncc2NC(=O)c2ccc(F)c(-c3c(F)cccc3F)n2)C[C@@H](O)[C@H]1O. The van der Waals surface area contributed by atoms with Crippen LogP contribution in [0, 0.1) is 23.4 Å². The molecule has 0 bridgehead atoms. The summed E-state index contributed by atoms with van der Waals surface area (Å²) in [7, 11) is 0. The van der Waals surface area contributed by atoms with Crippen molar-refractivity contribution in [2.45, 2.75) is 19.1 Å². The number of pyridine rings is 2. The highest BCUT2D eigenvalue weighted by molar-refractivity contribution is 6.04. The lowest BCUT2D eigenvalue weighted by Gasteiger charge is -2.39. The molecule has 1 saturated heterocycles. The first kappa shape index (κ1) is 22.7. The van der Waals surface area contributed by atoms with Gasteiger partial charge in [-0.3, -0.25) is 9.78 Å². The number of amides is 1. The molecule has 0 unspecified atom stereocenters. The van der Waals surface area contributed by atoms with Crippen LogP contribution in [0.5, 0.6) is 0 Å². The van der Waals surface area contributed by atoms with Crippen molar-refractivity contribution in [3.63, 3.8) is 0 Å². The zero-order valence-electron chi connectivity index (χ0n) is 17.5. The van der Waals surface area contributed by atoms with E-state index in [0.29, 0.717) is 17.9 Å². The standard InChI is InChI=1S/C23H21F3N4O3/c1-12-10-30(11-19(31)22(12)32)18-7-8-27-9-17(18)29-23(33)16-6-5-15(26)21(28-16)20-13(24)3-2-4-14(20)25/h2-9,12,19,22,31-32H,10-11H2,1H3,(H,29,33)/t12-,19-,22+/m1/s1. The molecule has 3 heterocycles. The smallest absolute Gasteiger partial charge is 0.274 e. The van der Waals surface area contributed by atoms with Gasteiger partial charge < -0.3 is 20.4 Å². The molecule has 172 valence electrons. The van der Waals surface area contributed by atoms with Gasteiger partial charge in [0.15, 0.2) is 0 Å². The molecular formula is C23H21F3N4O3. The van der Waals surface area contributed by atoms with Crippen LogP contribution in [0.15, 0.2) is 48.8 Å². The molecule has 2 aromatic heterocycles. The number of β-amino-alcohol motifs (C(OH)–C–C–N with tert-alkyl or cyclic N) is 1. The maximum absolute atomic E-state index is 14.3. The minimum Gasteiger partial charge on any atom is -0.390 e. The summed E-state index contributed by atoms with van der Waals surface area (Å²) in [6, 6.07) is 6.75. The Morgan fingerprint density at radius 2 is 1.79 bits per heavy atom. The Hall–Kier alpha value is -3.50. The molecule has 0 saturated carbocycles. The number of rotatable bonds is 4. The summed E-state index contributed by atoms with van der Waals surface area (Å²) < 4.78 is 42.6. The quantitative estimate of drug-likeness (QED) is 0.556. The summed E-state index contributed by atoms with van der Waals surface area (Å²) in [5.74, 6) is -3.95. The van der Waals surface area contributed by atoms with Crippen molar-refractivity contribution in [3.8, 4) is 11.3 Å². The highest BCUT2D eigenvalue weighted by Crippen LogP contribution is 2.31.